The molecule has 8 heteroatoms. The van der Waals surface area contributed by atoms with Crippen molar-refractivity contribution in [3.63, 3.8) is 0 Å². The maximum Gasteiger partial charge on any atom is 0.308 e. The van der Waals surface area contributed by atoms with Gasteiger partial charge < -0.3 is 9.84 Å². The van der Waals surface area contributed by atoms with Gasteiger partial charge in [-0.3, -0.25) is 14.4 Å². The fourth-order valence-electron chi connectivity index (χ4n) is 6.93. The van der Waals surface area contributed by atoms with Crippen molar-refractivity contribution < 1.29 is 33.0 Å². The summed E-state index contributed by atoms with van der Waals surface area (Å²) in [7, 11) is 0. The molecular weight excluding hydrogens is 438 g/mol. The van der Waals surface area contributed by atoms with Crippen LogP contribution in [0.25, 0.3) is 0 Å². The number of aliphatic hydroxyl groups excluding tert-OH is 1. The lowest BCUT2D eigenvalue weighted by Gasteiger charge is -2.60. The lowest BCUT2D eigenvalue weighted by molar-refractivity contribution is -0.148. The van der Waals surface area contributed by atoms with E-state index in [2.05, 4.69) is 19.6 Å². The van der Waals surface area contributed by atoms with Crippen LogP contribution in [0, 0.1) is 28.6 Å². The highest BCUT2D eigenvalue weighted by molar-refractivity contribution is 7.96. The summed E-state index contributed by atoms with van der Waals surface area (Å²) in [6.45, 7) is 3.95. The second kappa shape index (κ2) is 8.05. The van der Waals surface area contributed by atoms with Gasteiger partial charge in [0.1, 0.15) is 17.9 Å². The van der Waals surface area contributed by atoms with E-state index in [9.17, 15) is 19.5 Å². The highest BCUT2D eigenvalue weighted by atomic mass is 32.1. The number of fused-ring (bicyclic) bond motifs is 5. The molecule has 0 radical (unpaired) electrons. The molecule has 32 heavy (non-hydrogen) atoms. The van der Waals surface area contributed by atoms with Gasteiger partial charge in [-0.25, -0.2) is 8.78 Å². The molecule has 4 aliphatic rings. The smallest absolute Gasteiger partial charge is 0.308 e. The number of esters is 1. The second-order valence-electron chi connectivity index (χ2n) is 10.5. The maximum absolute atomic E-state index is 16.8. The number of halogens is 2. The monoisotopic (exact) mass is 468 g/mol. The van der Waals surface area contributed by atoms with E-state index >= 15 is 8.78 Å². The van der Waals surface area contributed by atoms with Gasteiger partial charge in [0.05, 0.1) is 13.0 Å². The van der Waals surface area contributed by atoms with Gasteiger partial charge >= 0.3 is 5.97 Å². The quantitative estimate of drug-likeness (QED) is 0.475. The summed E-state index contributed by atoms with van der Waals surface area (Å²) in [5, 5.41) is 8.69. The van der Waals surface area contributed by atoms with Crippen LogP contribution in [0.5, 0.6) is 0 Å². The fraction of sp³-hybridized carbons (Fsp3) is 0.708. The first-order chi connectivity index (χ1) is 14.9. The predicted octanol–water partition coefficient (Wildman–Crippen LogP) is 3.70. The van der Waals surface area contributed by atoms with Gasteiger partial charge in [0, 0.05) is 11.3 Å². The Bertz CT molecular complexity index is 903. The zero-order chi connectivity index (χ0) is 23.5. The van der Waals surface area contributed by atoms with Crippen molar-refractivity contribution in [3.05, 3.63) is 23.8 Å². The van der Waals surface area contributed by atoms with E-state index in [1.54, 1.807) is 13.0 Å². The summed E-state index contributed by atoms with van der Waals surface area (Å²) in [5.74, 6) is -1.51. The minimum atomic E-state index is -1.63. The average Bonchev–Trinajstić information content (AvgIpc) is 3.06. The Morgan fingerprint density at radius 3 is 2.69 bits per heavy atom. The molecule has 2 unspecified atom stereocenters. The number of rotatable bonds is 5. The van der Waals surface area contributed by atoms with Crippen molar-refractivity contribution in [1.82, 2.24) is 0 Å². The summed E-state index contributed by atoms with van der Waals surface area (Å²) in [5.41, 5.74) is -2.69. The SMILES string of the molecule is C[C@]12CC[C@@]3(F)[C@@H](C[C@H](F)C4=CC(=O)C=C[C@@]43C)[C@@H]1CC(COC(=O)CC(O)C(=O)S)C2. The first-order valence-corrected chi connectivity index (χ1v) is 11.7. The molecule has 0 aliphatic heterocycles. The van der Waals surface area contributed by atoms with E-state index in [0.29, 0.717) is 19.3 Å². The molecule has 0 heterocycles. The van der Waals surface area contributed by atoms with Crippen molar-refractivity contribution in [1.29, 1.82) is 0 Å². The van der Waals surface area contributed by atoms with Crippen LogP contribution in [0.2, 0.25) is 0 Å². The number of hydrogen-bond donors (Lipinski definition) is 2. The summed E-state index contributed by atoms with van der Waals surface area (Å²) in [6, 6.07) is 0. The molecule has 0 saturated heterocycles. The van der Waals surface area contributed by atoms with Gasteiger partial charge in [0.2, 0.25) is 5.12 Å². The summed E-state index contributed by atoms with van der Waals surface area (Å²) in [6.07, 6.45) is 3.26. The lowest BCUT2D eigenvalue weighted by Crippen LogP contribution is -2.61. The summed E-state index contributed by atoms with van der Waals surface area (Å²) >= 11 is 3.50. The predicted molar refractivity (Wildman–Crippen MR) is 116 cm³/mol. The number of carbonyl (C=O) groups is 3. The molecule has 176 valence electrons. The number of aliphatic hydroxyl groups is 1. The maximum atomic E-state index is 16.8. The minimum Gasteiger partial charge on any atom is -0.465 e. The van der Waals surface area contributed by atoms with Gasteiger partial charge in [-0.2, -0.15) is 0 Å². The Kier molecular flexibility index (Phi) is 5.94. The zero-order valence-electron chi connectivity index (χ0n) is 18.4. The van der Waals surface area contributed by atoms with Crippen LogP contribution < -0.4 is 0 Å². The number of ether oxygens (including phenoxy) is 1. The third-order valence-electron chi connectivity index (χ3n) is 8.64. The van der Waals surface area contributed by atoms with Crippen LogP contribution in [-0.4, -0.2) is 46.5 Å². The third-order valence-corrected chi connectivity index (χ3v) is 8.93. The fourth-order valence-corrected chi connectivity index (χ4v) is 7.02. The van der Waals surface area contributed by atoms with Gasteiger partial charge in [-0.15, -0.1) is 12.6 Å². The first kappa shape index (κ1) is 23.6. The standard InChI is InChI=1S/C24H30F2O5S/c1-22-5-6-24(26)16(9-18(25)17-8-14(27)3-4-23(17,24)2)15(22)7-13(11-22)12-31-20(29)10-19(28)21(30)32/h3-4,8,13,15-16,18-19,28H,5-7,9-12H2,1-2H3,(H,30,32)/t13?,15-,16-,18-,19?,22+,23-,24+/m0/s1. The van der Waals surface area contributed by atoms with Crippen LogP contribution in [0.4, 0.5) is 8.78 Å². The van der Waals surface area contributed by atoms with E-state index in [0.717, 1.165) is 6.42 Å². The zero-order valence-corrected chi connectivity index (χ0v) is 19.2. The molecule has 3 saturated carbocycles. The van der Waals surface area contributed by atoms with Crippen molar-refractivity contribution in [2.75, 3.05) is 6.61 Å². The number of alkyl halides is 2. The van der Waals surface area contributed by atoms with Crippen LogP contribution in [0.1, 0.15) is 52.4 Å². The molecule has 0 spiro atoms. The molecule has 0 aromatic carbocycles. The van der Waals surface area contributed by atoms with Crippen LogP contribution >= 0.6 is 12.6 Å². The number of ketones is 1. The number of hydrogen-bond acceptors (Lipinski definition) is 5. The topological polar surface area (TPSA) is 80.7 Å². The van der Waals surface area contributed by atoms with E-state index < -0.39 is 46.8 Å². The van der Waals surface area contributed by atoms with Crippen molar-refractivity contribution >= 4 is 29.5 Å². The second-order valence-corrected chi connectivity index (χ2v) is 11.0. The molecule has 4 rings (SSSR count). The van der Waals surface area contributed by atoms with Crippen LogP contribution in [0.15, 0.2) is 23.8 Å². The molecular formula is C24H30F2O5S. The minimum absolute atomic E-state index is 0.00595. The van der Waals surface area contributed by atoms with Gasteiger partial charge in [-0.1, -0.05) is 13.0 Å². The van der Waals surface area contributed by atoms with E-state index in [4.69, 9.17) is 4.74 Å². The molecule has 3 fully saturated rings. The Balaban J connectivity index is 1.50. The largest absolute Gasteiger partial charge is 0.465 e. The summed E-state index contributed by atoms with van der Waals surface area (Å²) < 4.78 is 37.3. The lowest BCUT2D eigenvalue weighted by atomic mass is 9.46. The van der Waals surface area contributed by atoms with Crippen molar-refractivity contribution in [3.8, 4) is 0 Å². The van der Waals surface area contributed by atoms with E-state index in [1.807, 2.05) is 0 Å². The molecule has 8 atom stereocenters. The molecule has 1 N–H and O–H groups in total. The van der Waals surface area contributed by atoms with Crippen molar-refractivity contribution in [2.45, 2.75) is 70.3 Å². The van der Waals surface area contributed by atoms with Gasteiger partial charge in [0.15, 0.2) is 5.78 Å². The molecule has 0 aromatic rings. The molecule has 0 bridgehead atoms. The average molecular weight is 469 g/mol. The normalized spacial score (nSPS) is 43.6. The molecule has 0 aromatic heterocycles. The number of allylic oxidation sites excluding steroid dienone is 4. The Morgan fingerprint density at radius 2 is 2.00 bits per heavy atom. The van der Waals surface area contributed by atoms with Gasteiger partial charge in [-0.05, 0) is 74.0 Å². The Labute approximate surface area is 192 Å². The van der Waals surface area contributed by atoms with E-state index in [-0.39, 0.29) is 41.6 Å². The van der Waals surface area contributed by atoms with Crippen LogP contribution in [-0.2, 0) is 19.1 Å². The molecule has 0 amide bonds. The molecule has 5 nitrogen and oxygen atoms in total. The number of thiol groups is 1. The van der Waals surface area contributed by atoms with Crippen molar-refractivity contribution in [2.24, 2.45) is 28.6 Å². The molecule has 4 aliphatic carbocycles. The summed E-state index contributed by atoms with van der Waals surface area (Å²) in [4.78, 5) is 34.8. The van der Waals surface area contributed by atoms with Crippen LogP contribution in [0.3, 0.4) is 0 Å². The highest BCUT2D eigenvalue weighted by Gasteiger charge is 2.67. The Morgan fingerprint density at radius 1 is 1.28 bits per heavy atom. The highest BCUT2D eigenvalue weighted by Crippen LogP contribution is 2.68. The first-order valence-electron chi connectivity index (χ1n) is 11.2. The number of carbonyl (C=O) groups excluding carboxylic acids is 3. The van der Waals surface area contributed by atoms with Gasteiger partial charge in [0.25, 0.3) is 0 Å². The third kappa shape index (κ3) is 3.67. The Hall–Kier alpha value is -1.54. The van der Waals surface area contributed by atoms with E-state index in [1.165, 1.54) is 12.2 Å².